The molecule has 0 unspecified atom stereocenters. The maximum Gasteiger partial charge on any atom is 0.0429 e. The van der Waals surface area contributed by atoms with E-state index in [1.807, 2.05) is 30.6 Å². The third kappa shape index (κ3) is 2.60. The van der Waals surface area contributed by atoms with Gasteiger partial charge in [0.15, 0.2) is 0 Å². The van der Waals surface area contributed by atoms with Gasteiger partial charge in [-0.05, 0) is 24.6 Å². The lowest BCUT2D eigenvalue weighted by molar-refractivity contribution is 0.830. The van der Waals surface area contributed by atoms with Crippen molar-refractivity contribution >= 4 is 5.69 Å². The molecule has 0 fully saturated rings. The number of hydrogen-bond acceptors (Lipinski definition) is 2. The number of nitrogens with zero attached hydrogens (tertiary/aromatic N) is 2. The first kappa shape index (κ1) is 10.7. The first-order valence-corrected chi connectivity index (χ1v) is 5.59. The topological polar surface area (TPSA) is 16.1 Å². The van der Waals surface area contributed by atoms with Gasteiger partial charge in [0.1, 0.15) is 0 Å². The Hall–Kier alpha value is -1.83. The van der Waals surface area contributed by atoms with Crippen LogP contribution in [0, 0.1) is 0 Å². The number of pyridine rings is 1. The molecule has 82 valence electrons. The average molecular weight is 212 g/mol. The summed E-state index contributed by atoms with van der Waals surface area (Å²) in [6, 6.07) is 14.6. The van der Waals surface area contributed by atoms with E-state index in [1.165, 1.54) is 11.3 Å². The van der Waals surface area contributed by atoms with E-state index < -0.39 is 0 Å². The van der Waals surface area contributed by atoms with Crippen LogP contribution in [0.2, 0.25) is 0 Å². The summed E-state index contributed by atoms with van der Waals surface area (Å²) in [4.78, 5) is 6.37. The van der Waals surface area contributed by atoms with Gasteiger partial charge in [-0.15, -0.1) is 0 Å². The van der Waals surface area contributed by atoms with Gasteiger partial charge in [0.25, 0.3) is 0 Å². The lowest BCUT2D eigenvalue weighted by Crippen LogP contribution is -2.21. The summed E-state index contributed by atoms with van der Waals surface area (Å²) >= 11 is 0. The molecular weight excluding hydrogens is 196 g/mol. The van der Waals surface area contributed by atoms with Crippen LogP contribution >= 0.6 is 0 Å². The van der Waals surface area contributed by atoms with Crippen LogP contribution in [0.3, 0.4) is 0 Å². The predicted octanol–water partition coefficient (Wildman–Crippen LogP) is 3.11. The summed E-state index contributed by atoms with van der Waals surface area (Å²) in [6.07, 6.45) is 3.67. The Bertz CT molecular complexity index is 411. The van der Waals surface area contributed by atoms with E-state index in [1.54, 1.807) is 0 Å². The molecule has 0 saturated heterocycles. The van der Waals surface area contributed by atoms with Crippen molar-refractivity contribution in [2.75, 3.05) is 11.4 Å². The lowest BCUT2D eigenvalue weighted by atomic mass is 10.2. The highest BCUT2D eigenvalue weighted by atomic mass is 15.1. The zero-order chi connectivity index (χ0) is 11.2. The summed E-state index contributed by atoms with van der Waals surface area (Å²) in [6.45, 7) is 4.11. The molecule has 0 aliphatic carbocycles. The van der Waals surface area contributed by atoms with Gasteiger partial charge in [-0.2, -0.15) is 0 Å². The molecule has 1 aromatic carbocycles. The molecule has 0 aliphatic rings. The fraction of sp³-hybridized carbons (Fsp3) is 0.214. The van der Waals surface area contributed by atoms with Gasteiger partial charge in [-0.25, -0.2) is 0 Å². The van der Waals surface area contributed by atoms with Gasteiger partial charge in [-0.3, -0.25) is 4.98 Å². The van der Waals surface area contributed by atoms with E-state index in [9.17, 15) is 0 Å². The molecule has 2 rings (SSSR count). The molecule has 0 atom stereocenters. The van der Waals surface area contributed by atoms with Crippen molar-refractivity contribution in [3.8, 4) is 0 Å². The van der Waals surface area contributed by atoms with E-state index in [2.05, 4.69) is 41.1 Å². The molecule has 0 bridgehead atoms. The third-order valence-corrected chi connectivity index (χ3v) is 2.63. The second-order valence-corrected chi connectivity index (χ2v) is 3.71. The van der Waals surface area contributed by atoms with Crippen LogP contribution < -0.4 is 4.90 Å². The Morgan fingerprint density at radius 3 is 2.31 bits per heavy atom. The van der Waals surface area contributed by atoms with Gasteiger partial charge in [0.2, 0.25) is 0 Å². The minimum absolute atomic E-state index is 0.946. The molecule has 1 heterocycles. The molecule has 0 N–H and O–H groups in total. The predicted molar refractivity (Wildman–Crippen MR) is 67.4 cm³/mol. The standard InChI is InChI=1S/C14H16N2/c1-2-16(14-8-10-15-11-9-14)12-13-6-4-3-5-7-13/h3-11H,2,12H2,1H3. The monoisotopic (exact) mass is 212 g/mol. The second kappa shape index (κ2) is 5.31. The number of benzene rings is 1. The molecule has 2 nitrogen and oxygen atoms in total. The van der Waals surface area contributed by atoms with Gasteiger partial charge < -0.3 is 4.90 Å². The molecule has 2 heteroatoms. The maximum atomic E-state index is 4.04. The highest BCUT2D eigenvalue weighted by Crippen LogP contribution is 2.15. The van der Waals surface area contributed by atoms with Gasteiger partial charge in [-0.1, -0.05) is 30.3 Å². The summed E-state index contributed by atoms with van der Waals surface area (Å²) in [5.41, 5.74) is 2.56. The van der Waals surface area contributed by atoms with Crippen LogP contribution in [-0.4, -0.2) is 11.5 Å². The lowest BCUT2D eigenvalue weighted by Gasteiger charge is -2.22. The minimum Gasteiger partial charge on any atom is -0.367 e. The maximum absolute atomic E-state index is 4.04. The van der Waals surface area contributed by atoms with Crippen molar-refractivity contribution in [2.45, 2.75) is 13.5 Å². The molecule has 2 aromatic rings. The normalized spacial score (nSPS) is 10.1. The minimum atomic E-state index is 0.946. The Kier molecular flexibility index (Phi) is 3.54. The van der Waals surface area contributed by atoms with Crippen molar-refractivity contribution in [1.82, 2.24) is 4.98 Å². The van der Waals surface area contributed by atoms with Gasteiger partial charge in [0.05, 0.1) is 0 Å². The van der Waals surface area contributed by atoms with E-state index >= 15 is 0 Å². The summed E-state index contributed by atoms with van der Waals surface area (Å²) in [5, 5.41) is 0. The van der Waals surface area contributed by atoms with Crippen LogP contribution in [0.5, 0.6) is 0 Å². The van der Waals surface area contributed by atoms with Crippen molar-refractivity contribution in [1.29, 1.82) is 0 Å². The van der Waals surface area contributed by atoms with E-state index in [4.69, 9.17) is 0 Å². The zero-order valence-corrected chi connectivity index (χ0v) is 9.50. The number of aromatic nitrogens is 1. The van der Waals surface area contributed by atoms with Crippen molar-refractivity contribution in [2.24, 2.45) is 0 Å². The molecule has 0 radical (unpaired) electrons. The quantitative estimate of drug-likeness (QED) is 0.774. The summed E-state index contributed by atoms with van der Waals surface area (Å²) in [7, 11) is 0. The Morgan fingerprint density at radius 1 is 1.00 bits per heavy atom. The van der Waals surface area contributed by atoms with Crippen molar-refractivity contribution in [3.63, 3.8) is 0 Å². The molecule has 0 aliphatic heterocycles. The van der Waals surface area contributed by atoms with E-state index in [0.29, 0.717) is 0 Å². The Labute approximate surface area is 96.6 Å². The first-order chi connectivity index (χ1) is 7.90. The highest BCUT2D eigenvalue weighted by Gasteiger charge is 2.03. The van der Waals surface area contributed by atoms with Crippen LogP contribution in [0.25, 0.3) is 0 Å². The molecule has 0 spiro atoms. The molecule has 16 heavy (non-hydrogen) atoms. The summed E-state index contributed by atoms with van der Waals surface area (Å²) < 4.78 is 0. The Morgan fingerprint density at radius 2 is 1.69 bits per heavy atom. The fourth-order valence-electron chi connectivity index (χ4n) is 1.74. The van der Waals surface area contributed by atoms with Gasteiger partial charge in [0, 0.05) is 31.2 Å². The third-order valence-electron chi connectivity index (χ3n) is 2.63. The number of rotatable bonds is 4. The Balaban J connectivity index is 2.13. The number of hydrogen-bond donors (Lipinski definition) is 0. The average Bonchev–Trinajstić information content (AvgIpc) is 2.38. The number of anilines is 1. The van der Waals surface area contributed by atoms with Crippen LogP contribution in [-0.2, 0) is 6.54 Å². The zero-order valence-electron chi connectivity index (χ0n) is 9.50. The first-order valence-electron chi connectivity index (χ1n) is 5.59. The van der Waals surface area contributed by atoms with Crippen LogP contribution in [0.15, 0.2) is 54.9 Å². The van der Waals surface area contributed by atoms with Crippen LogP contribution in [0.1, 0.15) is 12.5 Å². The smallest absolute Gasteiger partial charge is 0.0429 e. The SMILES string of the molecule is CCN(Cc1ccccc1)c1ccncc1. The van der Waals surface area contributed by atoms with E-state index in [-0.39, 0.29) is 0 Å². The highest BCUT2D eigenvalue weighted by molar-refractivity contribution is 5.45. The fourth-order valence-corrected chi connectivity index (χ4v) is 1.74. The second-order valence-electron chi connectivity index (χ2n) is 3.71. The van der Waals surface area contributed by atoms with E-state index in [0.717, 1.165) is 13.1 Å². The largest absolute Gasteiger partial charge is 0.367 e. The van der Waals surface area contributed by atoms with Gasteiger partial charge >= 0.3 is 0 Å². The van der Waals surface area contributed by atoms with Crippen molar-refractivity contribution in [3.05, 3.63) is 60.4 Å². The van der Waals surface area contributed by atoms with Crippen LogP contribution in [0.4, 0.5) is 5.69 Å². The van der Waals surface area contributed by atoms with Crippen molar-refractivity contribution < 1.29 is 0 Å². The summed E-state index contributed by atoms with van der Waals surface area (Å²) in [5.74, 6) is 0. The molecule has 0 amide bonds. The molecule has 0 saturated carbocycles. The molecule has 1 aromatic heterocycles. The molecular formula is C14H16N2.